The quantitative estimate of drug-likeness (QED) is 0.640. The first-order chi connectivity index (χ1) is 12.2. The van der Waals surface area contributed by atoms with Crippen LogP contribution in [0.4, 0.5) is 0 Å². The Morgan fingerprint density at radius 1 is 1.24 bits per heavy atom. The van der Waals surface area contributed by atoms with Crippen LogP contribution in [0.5, 0.6) is 0 Å². The van der Waals surface area contributed by atoms with Gasteiger partial charge in [0.1, 0.15) is 0 Å². The minimum atomic E-state index is 0.0962. The van der Waals surface area contributed by atoms with Crippen molar-refractivity contribution in [2.24, 2.45) is 0 Å². The molecule has 0 saturated carbocycles. The summed E-state index contributed by atoms with van der Waals surface area (Å²) in [5.74, 6) is 1.14. The normalized spacial score (nSPS) is 10.8. The van der Waals surface area contributed by atoms with Crippen LogP contribution in [0, 0.1) is 6.92 Å². The lowest BCUT2D eigenvalue weighted by atomic mass is 10.1. The summed E-state index contributed by atoms with van der Waals surface area (Å²) in [6.45, 7) is 4.98. The number of rotatable bonds is 7. The molecule has 6 heteroatoms. The number of thiophene rings is 1. The molecule has 0 bridgehead atoms. The van der Waals surface area contributed by atoms with Crippen molar-refractivity contribution >= 4 is 17.2 Å². The van der Waals surface area contributed by atoms with Crippen LogP contribution < -0.4 is 0 Å². The Hall–Kier alpha value is -2.47. The molecule has 2 heterocycles. The first kappa shape index (κ1) is 17.4. The molecule has 0 unspecified atom stereocenters. The third-order valence-corrected chi connectivity index (χ3v) is 4.88. The van der Waals surface area contributed by atoms with Crippen LogP contribution in [0.2, 0.25) is 0 Å². The number of nitrogens with zero attached hydrogens (tertiary/aromatic N) is 3. The predicted molar refractivity (Wildman–Crippen MR) is 98.2 cm³/mol. The van der Waals surface area contributed by atoms with Gasteiger partial charge < -0.3 is 9.42 Å². The highest BCUT2D eigenvalue weighted by Gasteiger charge is 2.17. The Balaban J connectivity index is 1.58. The van der Waals surface area contributed by atoms with Gasteiger partial charge in [0, 0.05) is 13.0 Å². The first-order valence-electron chi connectivity index (χ1n) is 8.35. The summed E-state index contributed by atoms with van der Waals surface area (Å²) in [5, 5.41) is 5.96. The molecule has 25 heavy (non-hydrogen) atoms. The van der Waals surface area contributed by atoms with E-state index in [4.69, 9.17) is 4.52 Å². The summed E-state index contributed by atoms with van der Waals surface area (Å²) < 4.78 is 5.30. The topological polar surface area (TPSA) is 59.2 Å². The molecule has 3 aromatic rings. The molecule has 130 valence electrons. The average Bonchev–Trinajstić information content (AvgIpc) is 3.30. The summed E-state index contributed by atoms with van der Waals surface area (Å²) in [6.07, 6.45) is 1.21. The molecule has 0 fully saturated rings. The van der Waals surface area contributed by atoms with Crippen molar-refractivity contribution in [2.75, 3.05) is 6.54 Å². The van der Waals surface area contributed by atoms with Gasteiger partial charge in [-0.15, -0.1) is 11.3 Å². The standard InChI is InChI=1S/C19H21N3O2S/c1-3-22(18(23)11-10-15-8-6-14(2)7-9-15)13-17-20-19(21-24-17)16-5-4-12-25-16/h4-9,12H,3,10-11,13H2,1-2H3. The molecule has 0 N–H and O–H groups in total. The van der Waals surface area contributed by atoms with Gasteiger partial charge in [-0.05, 0) is 37.3 Å². The van der Waals surface area contributed by atoms with E-state index in [2.05, 4.69) is 41.3 Å². The molecule has 1 aromatic carbocycles. The zero-order valence-electron chi connectivity index (χ0n) is 14.4. The SMILES string of the molecule is CCN(Cc1nc(-c2cccs2)no1)C(=O)CCc1ccc(C)cc1. The van der Waals surface area contributed by atoms with E-state index in [-0.39, 0.29) is 5.91 Å². The van der Waals surface area contributed by atoms with Gasteiger partial charge in [-0.2, -0.15) is 4.98 Å². The van der Waals surface area contributed by atoms with E-state index in [1.807, 2.05) is 24.4 Å². The Labute approximate surface area is 151 Å². The molecule has 0 radical (unpaired) electrons. The number of carbonyl (C=O) groups is 1. The predicted octanol–water partition coefficient (Wildman–Crippen LogP) is 4.09. The lowest BCUT2D eigenvalue weighted by Gasteiger charge is -2.18. The van der Waals surface area contributed by atoms with Gasteiger partial charge in [0.15, 0.2) is 0 Å². The second-order valence-corrected chi connectivity index (χ2v) is 6.83. The molecule has 0 aliphatic carbocycles. The number of carbonyl (C=O) groups excluding carboxylic acids is 1. The van der Waals surface area contributed by atoms with E-state index < -0.39 is 0 Å². The second kappa shape index (κ2) is 8.07. The summed E-state index contributed by atoms with van der Waals surface area (Å²) in [4.78, 5) is 19.6. The van der Waals surface area contributed by atoms with Crippen molar-refractivity contribution in [3.8, 4) is 10.7 Å². The highest BCUT2D eigenvalue weighted by molar-refractivity contribution is 7.13. The van der Waals surface area contributed by atoms with Crippen LogP contribution in [-0.4, -0.2) is 27.5 Å². The zero-order chi connectivity index (χ0) is 17.6. The van der Waals surface area contributed by atoms with Crippen molar-refractivity contribution in [3.63, 3.8) is 0 Å². The summed E-state index contributed by atoms with van der Waals surface area (Å²) >= 11 is 1.56. The fourth-order valence-corrected chi connectivity index (χ4v) is 3.18. The Morgan fingerprint density at radius 2 is 2.04 bits per heavy atom. The Morgan fingerprint density at radius 3 is 2.72 bits per heavy atom. The third-order valence-electron chi connectivity index (χ3n) is 4.02. The van der Waals surface area contributed by atoms with Gasteiger partial charge in [0.05, 0.1) is 11.4 Å². The number of benzene rings is 1. The highest BCUT2D eigenvalue weighted by atomic mass is 32.1. The van der Waals surface area contributed by atoms with Crippen LogP contribution >= 0.6 is 11.3 Å². The van der Waals surface area contributed by atoms with E-state index in [0.29, 0.717) is 31.2 Å². The van der Waals surface area contributed by atoms with Gasteiger partial charge in [-0.1, -0.05) is 41.1 Å². The van der Waals surface area contributed by atoms with E-state index in [0.717, 1.165) is 11.3 Å². The minimum Gasteiger partial charge on any atom is -0.337 e. The largest absolute Gasteiger partial charge is 0.337 e. The van der Waals surface area contributed by atoms with Crippen molar-refractivity contribution in [1.29, 1.82) is 0 Å². The van der Waals surface area contributed by atoms with E-state index in [1.165, 1.54) is 11.1 Å². The van der Waals surface area contributed by atoms with Crippen molar-refractivity contribution in [2.45, 2.75) is 33.2 Å². The molecular weight excluding hydrogens is 334 g/mol. The molecule has 5 nitrogen and oxygen atoms in total. The monoisotopic (exact) mass is 355 g/mol. The van der Waals surface area contributed by atoms with E-state index in [1.54, 1.807) is 16.2 Å². The van der Waals surface area contributed by atoms with Gasteiger partial charge in [0.25, 0.3) is 0 Å². The number of amides is 1. The van der Waals surface area contributed by atoms with Crippen LogP contribution in [-0.2, 0) is 17.8 Å². The Kier molecular flexibility index (Phi) is 5.60. The molecule has 0 aliphatic rings. The van der Waals surface area contributed by atoms with Crippen molar-refractivity contribution in [1.82, 2.24) is 15.0 Å². The fourth-order valence-electron chi connectivity index (χ4n) is 2.53. The summed E-state index contributed by atoms with van der Waals surface area (Å²) in [6, 6.07) is 12.2. The summed E-state index contributed by atoms with van der Waals surface area (Å²) in [7, 11) is 0. The summed E-state index contributed by atoms with van der Waals surface area (Å²) in [5.41, 5.74) is 2.40. The molecule has 0 spiro atoms. The number of aromatic nitrogens is 2. The van der Waals surface area contributed by atoms with Crippen molar-refractivity contribution < 1.29 is 9.32 Å². The number of hydrogen-bond donors (Lipinski definition) is 0. The molecular formula is C19H21N3O2S. The third kappa shape index (κ3) is 4.54. The van der Waals surface area contributed by atoms with Gasteiger partial charge in [-0.3, -0.25) is 4.79 Å². The lowest BCUT2D eigenvalue weighted by molar-refractivity contribution is -0.131. The maximum atomic E-state index is 12.5. The van der Waals surface area contributed by atoms with Gasteiger partial charge in [-0.25, -0.2) is 0 Å². The molecule has 0 atom stereocenters. The van der Waals surface area contributed by atoms with Crippen molar-refractivity contribution in [3.05, 3.63) is 58.8 Å². The van der Waals surface area contributed by atoms with E-state index >= 15 is 0 Å². The smallest absolute Gasteiger partial charge is 0.246 e. The maximum Gasteiger partial charge on any atom is 0.246 e. The molecule has 2 aromatic heterocycles. The van der Waals surface area contributed by atoms with Gasteiger partial charge in [0.2, 0.25) is 17.6 Å². The van der Waals surface area contributed by atoms with Crippen LogP contribution in [0.3, 0.4) is 0 Å². The highest BCUT2D eigenvalue weighted by Crippen LogP contribution is 2.21. The molecule has 3 rings (SSSR count). The van der Waals surface area contributed by atoms with Crippen LogP contribution in [0.1, 0.15) is 30.4 Å². The van der Waals surface area contributed by atoms with E-state index in [9.17, 15) is 4.79 Å². The van der Waals surface area contributed by atoms with Crippen LogP contribution in [0.15, 0.2) is 46.3 Å². The Bertz CT molecular complexity index is 810. The fraction of sp³-hybridized carbons (Fsp3) is 0.316. The first-order valence-corrected chi connectivity index (χ1v) is 9.23. The second-order valence-electron chi connectivity index (χ2n) is 5.88. The van der Waals surface area contributed by atoms with Crippen LogP contribution in [0.25, 0.3) is 10.7 Å². The molecule has 0 saturated heterocycles. The van der Waals surface area contributed by atoms with Gasteiger partial charge >= 0.3 is 0 Å². The maximum absolute atomic E-state index is 12.5. The molecule has 0 aliphatic heterocycles. The minimum absolute atomic E-state index is 0.0962. The number of aryl methyl sites for hydroxylation is 2. The molecule has 1 amide bonds. The number of hydrogen-bond acceptors (Lipinski definition) is 5. The average molecular weight is 355 g/mol. The lowest BCUT2D eigenvalue weighted by Crippen LogP contribution is -2.30. The zero-order valence-corrected chi connectivity index (χ0v) is 15.3.